The molecule has 0 saturated carbocycles. The first-order valence-corrected chi connectivity index (χ1v) is 16.1. The highest BCUT2D eigenvalue weighted by molar-refractivity contribution is 5.94. The molecule has 0 spiro atoms. The second kappa shape index (κ2) is 20.1. The number of hydrogen-bond donors (Lipinski definition) is 1. The summed E-state index contributed by atoms with van der Waals surface area (Å²) in [5.41, 5.74) is 3.53. The van der Waals surface area contributed by atoms with E-state index in [1.54, 1.807) is 7.11 Å². The molecule has 246 valence electrons. The third-order valence-electron chi connectivity index (χ3n) is 7.59. The molecule has 1 N–H and O–H groups in total. The van der Waals surface area contributed by atoms with Crippen LogP contribution in [0.2, 0.25) is 0 Å². The van der Waals surface area contributed by atoms with Crippen LogP contribution in [0.4, 0.5) is 5.69 Å². The number of amides is 1. The molecular weight excluding hydrogens is 568 g/mol. The number of benzene rings is 3. The quantitative estimate of drug-likeness (QED) is 0.261. The fraction of sp³-hybridized carbons (Fsp3) is 0.459. The van der Waals surface area contributed by atoms with E-state index in [-0.39, 0.29) is 5.91 Å². The van der Waals surface area contributed by atoms with Gasteiger partial charge in [0.25, 0.3) is 5.97 Å². The van der Waals surface area contributed by atoms with Crippen LogP contribution in [-0.2, 0) is 16.0 Å². The third kappa shape index (κ3) is 11.8. The van der Waals surface area contributed by atoms with Gasteiger partial charge >= 0.3 is 0 Å². The Labute approximate surface area is 269 Å². The molecule has 1 saturated heterocycles. The van der Waals surface area contributed by atoms with E-state index in [1.807, 2.05) is 73.3 Å². The van der Waals surface area contributed by atoms with Crippen LogP contribution in [0.5, 0.6) is 17.2 Å². The van der Waals surface area contributed by atoms with Gasteiger partial charge in [0, 0.05) is 31.7 Å². The number of rotatable bonds is 9. The smallest absolute Gasteiger partial charge is 0.300 e. The first-order valence-electron chi connectivity index (χ1n) is 16.1. The number of likely N-dealkylation sites (tertiary alicyclic amines) is 1. The maximum absolute atomic E-state index is 13.2. The maximum atomic E-state index is 13.2. The summed E-state index contributed by atoms with van der Waals surface area (Å²) >= 11 is 0. The van der Waals surface area contributed by atoms with E-state index in [9.17, 15) is 4.79 Å². The van der Waals surface area contributed by atoms with Gasteiger partial charge < -0.3 is 24.2 Å². The Morgan fingerprint density at radius 2 is 1.62 bits per heavy atom. The number of ether oxygens (including phenoxy) is 3. The Morgan fingerprint density at radius 3 is 2.24 bits per heavy atom. The summed E-state index contributed by atoms with van der Waals surface area (Å²) in [4.78, 5) is 26.5. The van der Waals surface area contributed by atoms with E-state index in [0.717, 1.165) is 68.6 Å². The average molecular weight is 621 g/mol. The molecule has 0 bridgehead atoms. The molecule has 1 amide bonds. The topological polar surface area (TPSA) is 88.5 Å². The highest BCUT2D eigenvalue weighted by atomic mass is 16.7. The van der Waals surface area contributed by atoms with Gasteiger partial charge in [0.2, 0.25) is 12.7 Å². The molecule has 0 radical (unpaired) electrons. The molecule has 2 heterocycles. The van der Waals surface area contributed by atoms with Gasteiger partial charge in [-0.25, -0.2) is 0 Å². The normalized spacial score (nSPS) is 16.2. The second-order valence-corrected chi connectivity index (χ2v) is 10.7. The molecule has 5 rings (SSSR count). The van der Waals surface area contributed by atoms with Crippen molar-refractivity contribution in [3.8, 4) is 17.2 Å². The summed E-state index contributed by atoms with van der Waals surface area (Å²) in [6.45, 7) is 14.0. The Balaban J connectivity index is 0.000000365. The molecule has 0 aromatic heterocycles. The predicted molar refractivity (Wildman–Crippen MR) is 182 cm³/mol. The van der Waals surface area contributed by atoms with E-state index in [2.05, 4.69) is 43.9 Å². The largest absolute Gasteiger partial charge is 0.496 e. The summed E-state index contributed by atoms with van der Waals surface area (Å²) < 4.78 is 16.1. The van der Waals surface area contributed by atoms with Crippen molar-refractivity contribution in [3.05, 3.63) is 83.9 Å². The average Bonchev–Trinajstić information content (AvgIpc) is 3.68. The third-order valence-corrected chi connectivity index (χ3v) is 7.59. The fourth-order valence-electron chi connectivity index (χ4n) is 5.30. The molecule has 2 atom stereocenters. The van der Waals surface area contributed by atoms with Gasteiger partial charge in [-0.15, -0.1) is 0 Å². The van der Waals surface area contributed by atoms with Crippen molar-refractivity contribution in [2.24, 2.45) is 0 Å². The van der Waals surface area contributed by atoms with Gasteiger partial charge in [0.1, 0.15) is 5.75 Å². The van der Waals surface area contributed by atoms with Gasteiger partial charge in [-0.2, -0.15) is 0 Å². The number of fused-ring (bicyclic) bond motifs is 1. The van der Waals surface area contributed by atoms with Crippen molar-refractivity contribution < 1.29 is 28.9 Å². The number of aryl methyl sites for hydroxylation is 1. The van der Waals surface area contributed by atoms with Gasteiger partial charge in [-0.3, -0.25) is 14.5 Å². The molecule has 2 aliphatic rings. The Hall–Kier alpha value is -4.04. The molecule has 3 aromatic carbocycles. The summed E-state index contributed by atoms with van der Waals surface area (Å²) in [5, 5.41) is 7.42. The van der Waals surface area contributed by atoms with Crippen molar-refractivity contribution >= 4 is 17.6 Å². The number of carbonyl (C=O) groups is 2. The van der Waals surface area contributed by atoms with E-state index in [1.165, 1.54) is 11.1 Å². The summed E-state index contributed by atoms with van der Waals surface area (Å²) in [5.74, 6) is 2.40. The van der Waals surface area contributed by atoms with Crippen LogP contribution in [0.15, 0.2) is 72.8 Å². The molecule has 8 nitrogen and oxygen atoms in total. The molecule has 0 unspecified atom stereocenters. The molecule has 45 heavy (non-hydrogen) atoms. The Kier molecular flexibility index (Phi) is 16.6. The van der Waals surface area contributed by atoms with Crippen LogP contribution in [0.1, 0.15) is 77.8 Å². The van der Waals surface area contributed by atoms with Crippen LogP contribution in [0.25, 0.3) is 0 Å². The number of anilines is 1. The number of carboxylic acid groups (broad SMARTS) is 1. The number of para-hydroxylation sites is 2. The molecular formula is C37H52N2O6. The standard InChI is InChI=1S/C24H30N2O3.C9H12O.C2H4O2.C2H6/c1-3-4-12-26(21-8-6-5-7-9-21)24(27)16-25-15-20(13-18(25)2)19-10-11-22-23(14-19)29-17-28-22;1-3-8-6-4-5-7-9(8)10-2;1-2(3)4;1-2/h5-11,14,18,20H,3-4,12-13,15-17H2,1-2H3;4-7H,3H2,1-2H3;1H3,(H,3,4);1-2H3/t18-,20+;;;/m0.../s1. The molecule has 0 aliphatic carbocycles. The zero-order chi connectivity index (χ0) is 33.2. The minimum atomic E-state index is -0.833. The lowest BCUT2D eigenvalue weighted by atomic mass is 9.96. The Bertz CT molecular complexity index is 1270. The number of unbranched alkanes of at least 4 members (excludes halogenated alkanes) is 1. The molecule has 8 heteroatoms. The fourth-order valence-corrected chi connectivity index (χ4v) is 5.30. The van der Waals surface area contributed by atoms with E-state index in [0.29, 0.717) is 25.3 Å². The van der Waals surface area contributed by atoms with E-state index in [4.69, 9.17) is 24.1 Å². The van der Waals surface area contributed by atoms with Crippen LogP contribution in [-0.4, -0.2) is 61.5 Å². The predicted octanol–water partition coefficient (Wildman–Crippen LogP) is 7.80. The van der Waals surface area contributed by atoms with Gasteiger partial charge in [-0.05, 0) is 73.6 Å². The minimum absolute atomic E-state index is 0.183. The molecule has 3 aromatic rings. The highest BCUT2D eigenvalue weighted by Crippen LogP contribution is 2.38. The van der Waals surface area contributed by atoms with Crippen molar-refractivity contribution in [2.75, 3.05) is 38.4 Å². The number of methoxy groups -OCH3 is 1. The Morgan fingerprint density at radius 1 is 0.978 bits per heavy atom. The summed E-state index contributed by atoms with van der Waals surface area (Å²) in [7, 11) is 1.70. The van der Waals surface area contributed by atoms with Crippen LogP contribution in [0, 0.1) is 0 Å². The van der Waals surface area contributed by atoms with Crippen LogP contribution < -0.4 is 19.1 Å². The summed E-state index contributed by atoms with van der Waals surface area (Å²) in [6, 6.07) is 24.7. The zero-order valence-electron chi connectivity index (χ0n) is 28.1. The van der Waals surface area contributed by atoms with Crippen molar-refractivity contribution in [1.82, 2.24) is 4.90 Å². The monoisotopic (exact) mass is 620 g/mol. The van der Waals surface area contributed by atoms with Crippen molar-refractivity contribution in [3.63, 3.8) is 0 Å². The lowest BCUT2D eigenvalue weighted by molar-refractivity contribution is -0.134. The van der Waals surface area contributed by atoms with Crippen LogP contribution >= 0.6 is 0 Å². The summed E-state index contributed by atoms with van der Waals surface area (Å²) in [6.07, 6.45) is 4.16. The van der Waals surface area contributed by atoms with Gasteiger partial charge in [0.05, 0.1) is 13.7 Å². The second-order valence-electron chi connectivity index (χ2n) is 10.7. The first-order chi connectivity index (χ1) is 21.8. The minimum Gasteiger partial charge on any atom is -0.496 e. The van der Waals surface area contributed by atoms with Gasteiger partial charge in [-0.1, -0.05) is 76.6 Å². The number of aliphatic carboxylic acids is 1. The zero-order valence-corrected chi connectivity index (χ0v) is 28.1. The number of carbonyl (C=O) groups excluding carboxylic acids is 1. The van der Waals surface area contributed by atoms with Gasteiger partial charge in [0.15, 0.2) is 11.5 Å². The lowest BCUT2D eigenvalue weighted by Gasteiger charge is -2.27. The maximum Gasteiger partial charge on any atom is 0.300 e. The van der Waals surface area contributed by atoms with E-state index >= 15 is 0 Å². The van der Waals surface area contributed by atoms with Crippen molar-refractivity contribution in [2.45, 2.75) is 79.2 Å². The first kappa shape index (κ1) is 37.1. The number of nitrogens with zero attached hydrogens (tertiary/aromatic N) is 2. The highest BCUT2D eigenvalue weighted by Gasteiger charge is 2.33. The molecule has 1 fully saturated rings. The lowest BCUT2D eigenvalue weighted by Crippen LogP contribution is -2.42. The van der Waals surface area contributed by atoms with Crippen LogP contribution in [0.3, 0.4) is 0 Å². The van der Waals surface area contributed by atoms with Crippen molar-refractivity contribution in [1.29, 1.82) is 0 Å². The number of hydrogen-bond acceptors (Lipinski definition) is 6. The van der Waals surface area contributed by atoms with E-state index < -0.39 is 5.97 Å². The molecule has 2 aliphatic heterocycles. The number of carboxylic acids is 1. The SMILES string of the molecule is CC.CC(=O)O.CCCCN(C(=O)CN1C[C@H](c2ccc3c(c2)OCO3)C[C@@H]1C)c1ccccc1.CCc1ccccc1OC.